The molecule has 1 aromatic carbocycles. The van der Waals surface area contributed by atoms with Gasteiger partial charge in [0.05, 0.1) is 19.7 Å². The molecule has 0 saturated heterocycles. The first-order valence-corrected chi connectivity index (χ1v) is 4.46. The standard InChI is InChI=1S/C11H13NO2/c1-7-6-9(13-2)11(14-3)10-8(7)4-5-12-10/h4-6,12H,1-3H3. The van der Waals surface area contributed by atoms with Gasteiger partial charge in [-0.25, -0.2) is 0 Å². The number of aromatic nitrogens is 1. The maximum Gasteiger partial charge on any atom is 0.184 e. The molecule has 3 heteroatoms. The highest BCUT2D eigenvalue weighted by Gasteiger charge is 2.11. The molecule has 0 fully saturated rings. The van der Waals surface area contributed by atoms with Crippen LogP contribution < -0.4 is 9.47 Å². The molecule has 0 aliphatic rings. The van der Waals surface area contributed by atoms with Gasteiger partial charge in [-0.15, -0.1) is 0 Å². The van der Waals surface area contributed by atoms with Crippen LogP contribution in [0.4, 0.5) is 0 Å². The van der Waals surface area contributed by atoms with Crippen LogP contribution in [0, 0.1) is 6.92 Å². The maximum atomic E-state index is 5.31. The van der Waals surface area contributed by atoms with E-state index in [-0.39, 0.29) is 0 Å². The summed E-state index contributed by atoms with van der Waals surface area (Å²) in [4.78, 5) is 3.15. The van der Waals surface area contributed by atoms with Gasteiger partial charge in [-0.2, -0.15) is 0 Å². The van der Waals surface area contributed by atoms with Crippen molar-refractivity contribution in [2.45, 2.75) is 6.92 Å². The summed E-state index contributed by atoms with van der Waals surface area (Å²) in [6.07, 6.45) is 1.90. The predicted molar refractivity (Wildman–Crippen MR) is 56.1 cm³/mol. The number of hydrogen-bond acceptors (Lipinski definition) is 2. The molecule has 0 spiro atoms. The second-order valence-electron chi connectivity index (χ2n) is 3.20. The Bertz CT molecular complexity index is 460. The van der Waals surface area contributed by atoms with Crippen molar-refractivity contribution in [1.82, 2.24) is 4.98 Å². The van der Waals surface area contributed by atoms with Gasteiger partial charge in [-0.1, -0.05) is 0 Å². The molecular formula is C11H13NO2. The summed E-state index contributed by atoms with van der Waals surface area (Å²) in [7, 11) is 3.29. The highest BCUT2D eigenvalue weighted by Crippen LogP contribution is 2.36. The van der Waals surface area contributed by atoms with Crippen LogP contribution in [0.25, 0.3) is 10.9 Å². The summed E-state index contributed by atoms with van der Waals surface area (Å²) in [5.41, 5.74) is 2.17. The van der Waals surface area contributed by atoms with Gasteiger partial charge < -0.3 is 14.5 Å². The molecule has 1 heterocycles. The molecule has 0 amide bonds. The Balaban J connectivity index is 2.82. The fourth-order valence-corrected chi connectivity index (χ4v) is 1.70. The summed E-state index contributed by atoms with van der Waals surface area (Å²) in [5.74, 6) is 1.53. The fraction of sp³-hybridized carbons (Fsp3) is 0.273. The van der Waals surface area contributed by atoms with Gasteiger partial charge >= 0.3 is 0 Å². The van der Waals surface area contributed by atoms with E-state index >= 15 is 0 Å². The molecule has 0 radical (unpaired) electrons. The first-order valence-electron chi connectivity index (χ1n) is 4.46. The zero-order chi connectivity index (χ0) is 10.1. The average Bonchev–Trinajstić information content (AvgIpc) is 2.66. The van der Waals surface area contributed by atoms with Crippen LogP contribution in [0.3, 0.4) is 0 Å². The third-order valence-electron chi connectivity index (χ3n) is 2.39. The normalized spacial score (nSPS) is 10.5. The lowest BCUT2D eigenvalue weighted by atomic mass is 10.1. The highest BCUT2D eigenvalue weighted by atomic mass is 16.5. The highest BCUT2D eigenvalue weighted by molar-refractivity contribution is 5.90. The zero-order valence-electron chi connectivity index (χ0n) is 8.55. The van der Waals surface area contributed by atoms with Crippen LogP contribution in [0.1, 0.15) is 5.56 Å². The van der Waals surface area contributed by atoms with E-state index in [4.69, 9.17) is 9.47 Å². The van der Waals surface area contributed by atoms with Crippen molar-refractivity contribution < 1.29 is 9.47 Å². The van der Waals surface area contributed by atoms with Crippen molar-refractivity contribution in [2.24, 2.45) is 0 Å². The molecule has 2 rings (SSSR count). The molecule has 0 saturated carbocycles. The Morgan fingerprint density at radius 2 is 2.00 bits per heavy atom. The third-order valence-corrected chi connectivity index (χ3v) is 2.39. The molecule has 14 heavy (non-hydrogen) atoms. The number of methoxy groups -OCH3 is 2. The molecular weight excluding hydrogens is 178 g/mol. The zero-order valence-corrected chi connectivity index (χ0v) is 8.55. The van der Waals surface area contributed by atoms with Crippen LogP contribution in [-0.2, 0) is 0 Å². The van der Waals surface area contributed by atoms with E-state index < -0.39 is 0 Å². The average molecular weight is 191 g/mol. The summed E-state index contributed by atoms with van der Waals surface area (Å²) < 4.78 is 10.6. The first kappa shape index (κ1) is 8.94. The van der Waals surface area contributed by atoms with E-state index in [1.54, 1.807) is 14.2 Å². The van der Waals surface area contributed by atoms with Crippen LogP contribution >= 0.6 is 0 Å². The largest absolute Gasteiger partial charge is 0.493 e. The first-order chi connectivity index (χ1) is 6.77. The number of rotatable bonds is 2. The molecule has 0 aliphatic carbocycles. The second kappa shape index (κ2) is 3.25. The van der Waals surface area contributed by atoms with Crippen molar-refractivity contribution >= 4 is 10.9 Å². The molecule has 74 valence electrons. The van der Waals surface area contributed by atoms with Crippen LogP contribution in [0.15, 0.2) is 18.3 Å². The number of aromatic amines is 1. The van der Waals surface area contributed by atoms with E-state index in [9.17, 15) is 0 Å². The summed E-state index contributed by atoms with van der Waals surface area (Å²) in [6, 6.07) is 4.02. The van der Waals surface area contributed by atoms with Gasteiger partial charge in [0.2, 0.25) is 0 Å². The number of H-pyrrole nitrogens is 1. The van der Waals surface area contributed by atoms with Gasteiger partial charge in [-0.3, -0.25) is 0 Å². The van der Waals surface area contributed by atoms with Crippen molar-refractivity contribution in [3.8, 4) is 11.5 Å². The molecule has 0 aliphatic heterocycles. The van der Waals surface area contributed by atoms with Gasteiger partial charge in [0.25, 0.3) is 0 Å². The van der Waals surface area contributed by atoms with Crippen molar-refractivity contribution in [2.75, 3.05) is 14.2 Å². The lowest BCUT2D eigenvalue weighted by Gasteiger charge is -2.09. The number of nitrogens with one attached hydrogen (secondary N) is 1. The van der Waals surface area contributed by atoms with Crippen LogP contribution in [0.2, 0.25) is 0 Å². The SMILES string of the molecule is COc1cc(C)c2cc[nH]c2c1OC. The van der Waals surface area contributed by atoms with Gasteiger partial charge in [0, 0.05) is 11.6 Å². The Morgan fingerprint density at radius 1 is 1.21 bits per heavy atom. The maximum absolute atomic E-state index is 5.31. The summed E-state index contributed by atoms with van der Waals surface area (Å²) >= 11 is 0. The molecule has 0 atom stereocenters. The lowest BCUT2D eigenvalue weighted by molar-refractivity contribution is 0.358. The topological polar surface area (TPSA) is 34.2 Å². The molecule has 0 bridgehead atoms. The quantitative estimate of drug-likeness (QED) is 0.791. The van der Waals surface area contributed by atoms with Crippen LogP contribution in [-0.4, -0.2) is 19.2 Å². The predicted octanol–water partition coefficient (Wildman–Crippen LogP) is 2.49. The number of fused-ring (bicyclic) bond motifs is 1. The van der Waals surface area contributed by atoms with E-state index in [2.05, 4.69) is 11.9 Å². The number of ether oxygens (including phenoxy) is 2. The summed E-state index contributed by atoms with van der Waals surface area (Å²) in [6.45, 7) is 2.05. The Morgan fingerprint density at radius 3 is 2.64 bits per heavy atom. The van der Waals surface area contributed by atoms with Gasteiger partial charge in [0.15, 0.2) is 11.5 Å². The summed E-state index contributed by atoms with van der Waals surface area (Å²) in [5, 5.41) is 1.17. The minimum Gasteiger partial charge on any atom is -0.493 e. The molecule has 1 aromatic heterocycles. The molecule has 3 nitrogen and oxygen atoms in total. The van der Waals surface area contributed by atoms with Gasteiger partial charge in [-0.05, 0) is 24.6 Å². The Labute approximate surface area is 82.6 Å². The van der Waals surface area contributed by atoms with E-state index in [1.165, 1.54) is 10.9 Å². The van der Waals surface area contributed by atoms with E-state index in [1.807, 2.05) is 18.3 Å². The molecule has 2 aromatic rings. The van der Waals surface area contributed by atoms with Gasteiger partial charge in [0.1, 0.15) is 0 Å². The van der Waals surface area contributed by atoms with E-state index in [0.717, 1.165) is 17.0 Å². The minimum absolute atomic E-state index is 0.762. The number of hydrogen-bond donors (Lipinski definition) is 1. The fourth-order valence-electron chi connectivity index (χ4n) is 1.70. The molecule has 0 unspecified atom stereocenters. The van der Waals surface area contributed by atoms with Crippen LogP contribution in [0.5, 0.6) is 11.5 Å². The molecule has 1 N–H and O–H groups in total. The van der Waals surface area contributed by atoms with Crippen molar-refractivity contribution in [1.29, 1.82) is 0 Å². The third kappa shape index (κ3) is 1.13. The lowest BCUT2D eigenvalue weighted by Crippen LogP contribution is -1.92. The smallest absolute Gasteiger partial charge is 0.184 e. The monoisotopic (exact) mass is 191 g/mol. The van der Waals surface area contributed by atoms with E-state index in [0.29, 0.717) is 0 Å². The Hall–Kier alpha value is -1.64. The minimum atomic E-state index is 0.762. The second-order valence-corrected chi connectivity index (χ2v) is 3.20. The van der Waals surface area contributed by atoms with Crippen molar-refractivity contribution in [3.05, 3.63) is 23.9 Å². The number of benzene rings is 1. The Kier molecular flexibility index (Phi) is 2.08. The van der Waals surface area contributed by atoms with Crippen molar-refractivity contribution in [3.63, 3.8) is 0 Å². The number of aryl methyl sites for hydroxylation is 1.